The number of hydrogen-bond donors (Lipinski definition) is 1. The van der Waals surface area contributed by atoms with Crippen molar-refractivity contribution in [3.05, 3.63) is 89.5 Å². The smallest absolute Gasteiger partial charge is 0.242 e. The first-order chi connectivity index (χ1) is 19.0. The molecular weight excluding hydrogens is 490 g/mol. The minimum atomic E-state index is -0.120. The van der Waals surface area contributed by atoms with Gasteiger partial charge in [-0.2, -0.15) is 0 Å². The van der Waals surface area contributed by atoms with Crippen LogP contribution in [0, 0.1) is 0 Å². The Morgan fingerprint density at radius 1 is 0.846 bits per heavy atom. The number of anilines is 2. The number of likely N-dealkylation sites (N-methyl/N-ethyl adjacent to an activating group) is 1. The molecule has 2 amide bonds. The SMILES string of the molecule is COc1cccc(CN(Cc2ccc(N3CCN(C)CC3)cc2)c2cccc(CN3CC(=O)NCC3=O)c2)c1. The van der Waals surface area contributed by atoms with Crippen molar-refractivity contribution in [3.8, 4) is 5.75 Å². The molecule has 0 bridgehead atoms. The third kappa shape index (κ3) is 6.89. The molecule has 3 aromatic carbocycles. The Morgan fingerprint density at radius 2 is 1.56 bits per heavy atom. The van der Waals surface area contributed by atoms with Crippen molar-refractivity contribution in [2.45, 2.75) is 19.6 Å². The van der Waals surface area contributed by atoms with E-state index < -0.39 is 0 Å². The average Bonchev–Trinajstić information content (AvgIpc) is 2.96. The molecule has 2 heterocycles. The summed E-state index contributed by atoms with van der Waals surface area (Å²) >= 11 is 0. The van der Waals surface area contributed by atoms with Crippen LogP contribution in [-0.2, 0) is 29.2 Å². The van der Waals surface area contributed by atoms with Gasteiger partial charge in [-0.3, -0.25) is 9.59 Å². The van der Waals surface area contributed by atoms with Gasteiger partial charge >= 0.3 is 0 Å². The topological polar surface area (TPSA) is 68.4 Å². The first-order valence-electron chi connectivity index (χ1n) is 13.5. The Labute approximate surface area is 230 Å². The molecule has 0 unspecified atom stereocenters. The van der Waals surface area contributed by atoms with Crippen LogP contribution in [0.2, 0.25) is 0 Å². The Bertz CT molecular complexity index is 1290. The van der Waals surface area contributed by atoms with Crippen LogP contribution in [0.4, 0.5) is 11.4 Å². The molecule has 8 nitrogen and oxygen atoms in total. The second-order valence-electron chi connectivity index (χ2n) is 10.4. The van der Waals surface area contributed by atoms with Crippen molar-refractivity contribution < 1.29 is 14.3 Å². The molecule has 1 N–H and O–H groups in total. The number of carbonyl (C=O) groups excluding carboxylic acids is 2. The summed E-state index contributed by atoms with van der Waals surface area (Å²) in [7, 11) is 3.86. The van der Waals surface area contributed by atoms with Gasteiger partial charge in [-0.25, -0.2) is 0 Å². The van der Waals surface area contributed by atoms with E-state index in [4.69, 9.17) is 4.74 Å². The van der Waals surface area contributed by atoms with E-state index in [0.717, 1.165) is 55.3 Å². The summed E-state index contributed by atoms with van der Waals surface area (Å²) in [6, 6.07) is 25.3. The largest absolute Gasteiger partial charge is 0.497 e. The third-order valence-electron chi connectivity index (χ3n) is 7.46. The fourth-order valence-corrected chi connectivity index (χ4v) is 5.15. The monoisotopic (exact) mass is 527 g/mol. The molecule has 2 fully saturated rings. The van der Waals surface area contributed by atoms with E-state index >= 15 is 0 Å². The number of piperazine rings is 2. The molecule has 0 aliphatic carbocycles. The highest BCUT2D eigenvalue weighted by molar-refractivity contribution is 5.92. The molecular formula is C31H37N5O3. The maximum Gasteiger partial charge on any atom is 0.242 e. The summed E-state index contributed by atoms with van der Waals surface area (Å²) in [6.45, 7) is 6.26. The van der Waals surface area contributed by atoms with Crippen LogP contribution >= 0.6 is 0 Å². The second-order valence-corrected chi connectivity index (χ2v) is 10.4. The van der Waals surface area contributed by atoms with Crippen LogP contribution in [0.5, 0.6) is 5.75 Å². The van der Waals surface area contributed by atoms with Crippen molar-refractivity contribution in [3.63, 3.8) is 0 Å². The van der Waals surface area contributed by atoms with Gasteiger partial charge in [0.15, 0.2) is 0 Å². The fourth-order valence-electron chi connectivity index (χ4n) is 5.15. The number of nitrogens with zero attached hydrogens (tertiary/aromatic N) is 4. The highest BCUT2D eigenvalue weighted by Crippen LogP contribution is 2.25. The third-order valence-corrected chi connectivity index (χ3v) is 7.46. The lowest BCUT2D eigenvalue weighted by Crippen LogP contribution is -2.51. The number of methoxy groups -OCH3 is 1. The summed E-state index contributed by atoms with van der Waals surface area (Å²) in [4.78, 5) is 33.0. The van der Waals surface area contributed by atoms with E-state index in [0.29, 0.717) is 13.1 Å². The lowest BCUT2D eigenvalue weighted by Gasteiger charge is -2.34. The van der Waals surface area contributed by atoms with Crippen LogP contribution < -0.4 is 19.9 Å². The number of hydrogen-bond acceptors (Lipinski definition) is 6. The fraction of sp³-hybridized carbons (Fsp3) is 0.355. The number of nitrogens with one attached hydrogen (secondary N) is 1. The first kappa shape index (κ1) is 26.6. The molecule has 8 heteroatoms. The minimum Gasteiger partial charge on any atom is -0.497 e. The first-order valence-corrected chi connectivity index (χ1v) is 13.5. The zero-order valence-corrected chi connectivity index (χ0v) is 22.8. The highest BCUT2D eigenvalue weighted by atomic mass is 16.5. The predicted octanol–water partition coefficient (Wildman–Crippen LogP) is 3.11. The van der Waals surface area contributed by atoms with E-state index in [9.17, 15) is 9.59 Å². The number of amides is 2. The second kappa shape index (κ2) is 12.2. The summed E-state index contributed by atoms with van der Waals surface area (Å²) in [5, 5.41) is 2.61. The molecule has 2 saturated heterocycles. The number of rotatable bonds is 9. The van der Waals surface area contributed by atoms with Gasteiger partial charge < -0.3 is 29.7 Å². The molecule has 2 aliphatic rings. The maximum absolute atomic E-state index is 12.3. The van der Waals surface area contributed by atoms with Crippen LogP contribution in [0.3, 0.4) is 0 Å². The molecule has 0 aromatic heterocycles. The van der Waals surface area contributed by atoms with E-state index in [1.165, 1.54) is 11.3 Å². The Hall–Kier alpha value is -4.04. The Kier molecular flexibility index (Phi) is 8.32. The van der Waals surface area contributed by atoms with Crippen LogP contribution in [0.15, 0.2) is 72.8 Å². The van der Waals surface area contributed by atoms with Gasteiger partial charge in [-0.05, 0) is 60.1 Å². The normalized spacial score (nSPS) is 16.3. The summed E-state index contributed by atoms with van der Waals surface area (Å²) in [6.07, 6.45) is 0. The molecule has 3 aromatic rings. The standard InChI is InChI=1S/C31H37N5O3/c1-33-13-15-34(16-14-33)27-11-9-24(10-12-27)20-35(21-26-6-4-8-29(18-26)39-2)28-7-3-5-25(17-28)22-36-23-30(37)32-19-31(36)38/h3-12,17-18H,13-16,19-23H2,1-2H3,(H,32,37). The molecule has 0 saturated carbocycles. The van der Waals surface area contributed by atoms with Crippen LogP contribution in [-0.4, -0.2) is 75.0 Å². The summed E-state index contributed by atoms with van der Waals surface area (Å²) in [5.41, 5.74) is 5.70. The van der Waals surface area contributed by atoms with Gasteiger partial charge in [0.1, 0.15) is 5.75 Å². The van der Waals surface area contributed by atoms with Crippen molar-refractivity contribution in [2.24, 2.45) is 0 Å². The zero-order valence-electron chi connectivity index (χ0n) is 22.8. The highest BCUT2D eigenvalue weighted by Gasteiger charge is 2.23. The maximum atomic E-state index is 12.3. The average molecular weight is 528 g/mol. The van der Waals surface area contributed by atoms with Gasteiger partial charge in [-0.1, -0.05) is 36.4 Å². The van der Waals surface area contributed by atoms with E-state index in [1.807, 2.05) is 24.3 Å². The summed E-state index contributed by atoms with van der Waals surface area (Å²) in [5.74, 6) is 0.652. The lowest BCUT2D eigenvalue weighted by molar-refractivity contribution is -0.141. The number of ether oxygens (including phenoxy) is 1. The van der Waals surface area contributed by atoms with E-state index in [1.54, 1.807) is 12.0 Å². The van der Waals surface area contributed by atoms with Gasteiger partial charge in [0.2, 0.25) is 11.8 Å². The molecule has 39 heavy (non-hydrogen) atoms. The van der Waals surface area contributed by atoms with E-state index in [-0.39, 0.29) is 24.9 Å². The molecule has 0 radical (unpaired) electrons. The predicted molar refractivity (Wildman–Crippen MR) is 154 cm³/mol. The van der Waals surface area contributed by atoms with Gasteiger partial charge in [-0.15, -0.1) is 0 Å². The Balaban J connectivity index is 1.36. The number of benzene rings is 3. The van der Waals surface area contributed by atoms with Crippen molar-refractivity contribution >= 4 is 23.2 Å². The van der Waals surface area contributed by atoms with Crippen LogP contribution in [0.1, 0.15) is 16.7 Å². The van der Waals surface area contributed by atoms with Gasteiger partial charge in [0.05, 0.1) is 20.2 Å². The number of carbonyl (C=O) groups is 2. The molecule has 204 valence electrons. The molecule has 0 atom stereocenters. The molecule has 2 aliphatic heterocycles. The van der Waals surface area contributed by atoms with Crippen molar-refractivity contribution in [2.75, 3.05) is 63.2 Å². The van der Waals surface area contributed by atoms with Crippen molar-refractivity contribution in [1.82, 2.24) is 15.1 Å². The summed E-state index contributed by atoms with van der Waals surface area (Å²) < 4.78 is 5.46. The van der Waals surface area contributed by atoms with Gasteiger partial charge in [0.25, 0.3) is 0 Å². The quantitative estimate of drug-likeness (QED) is 0.461. The Morgan fingerprint density at radius 3 is 2.33 bits per heavy atom. The molecule has 0 spiro atoms. The lowest BCUT2D eigenvalue weighted by atomic mass is 10.1. The minimum absolute atomic E-state index is 0.0601. The zero-order chi connectivity index (χ0) is 27.2. The van der Waals surface area contributed by atoms with Crippen LogP contribution in [0.25, 0.3) is 0 Å². The molecule has 5 rings (SSSR count). The van der Waals surface area contributed by atoms with Crippen molar-refractivity contribution in [1.29, 1.82) is 0 Å². The van der Waals surface area contributed by atoms with E-state index in [2.05, 4.69) is 75.6 Å². The van der Waals surface area contributed by atoms with Gasteiger partial charge in [0, 0.05) is 57.2 Å².